The quantitative estimate of drug-likeness (QED) is 0.780. The second-order valence-electron chi connectivity index (χ2n) is 6.28. The van der Waals surface area contributed by atoms with Crippen molar-refractivity contribution in [2.24, 2.45) is 0 Å². The van der Waals surface area contributed by atoms with Crippen molar-refractivity contribution in [1.29, 1.82) is 0 Å². The Bertz CT molecular complexity index is 901. The molecule has 2 aliphatic rings. The molecule has 134 valence electrons. The number of ether oxygens (including phenoxy) is 2. The lowest BCUT2D eigenvalue weighted by molar-refractivity contribution is -0.133. The van der Waals surface area contributed by atoms with Gasteiger partial charge in [-0.05, 0) is 29.8 Å². The van der Waals surface area contributed by atoms with Gasteiger partial charge < -0.3 is 14.8 Å². The highest BCUT2D eigenvalue weighted by molar-refractivity contribution is 9.10. The van der Waals surface area contributed by atoms with Crippen molar-refractivity contribution < 1.29 is 19.1 Å². The second-order valence-corrected chi connectivity index (χ2v) is 7.13. The number of fused-ring (bicyclic) bond motifs is 2. The van der Waals surface area contributed by atoms with Gasteiger partial charge in [-0.3, -0.25) is 9.69 Å². The van der Waals surface area contributed by atoms with E-state index in [1.165, 1.54) is 4.90 Å². The lowest BCUT2D eigenvalue weighted by Gasteiger charge is -2.33. The Morgan fingerprint density at radius 3 is 2.88 bits per heavy atom. The van der Waals surface area contributed by atoms with Gasteiger partial charge in [0.25, 0.3) is 5.91 Å². The van der Waals surface area contributed by atoms with E-state index in [2.05, 4.69) is 21.2 Å². The second kappa shape index (κ2) is 6.32. The van der Waals surface area contributed by atoms with Gasteiger partial charge in [0.15, 0.2) is 5.54 Å². The number of methoxy groups -OCH3 is 1. The van der Waals surface area contributed by atoms with E-state index in [1.807, 2.05) is 42.5 Å². The molecule has 1 atom stereocenters. The fourth-order valence-electron chi connectivity index (χ4n) is 3.49. The largest absolute Gasteiger partial charge is 0.497 e. The van der Waals surface area contributed by atoms with Gasteiger partial charge in [0.05, 0.1) is 20.3 Å². The number of urea groups is 1. The van der Waals surface area contributed by atoms with Crippen molar-refractivity contribution >= 4 is 27.9 Å². The van der Waals surface area contributed by atoms with Crippen LogP contribution in [0.4, 0.5) is 4.79 Å². The SMILES string of the molecule is COc1ccc(Br)c(CN2C(=O)N[C@@]3(CCOc4ccccc43)C2=O)c1. The van der Waals surface area contributed by atoms with E-state index in [0.29, 0.717) is 30.1 Å². The van der Waals surface area contributed by atoms with E-state index in [4.69, 9.17) is 9.47 Å². The highest BCUT2D eigenvalue weighted by Crippen LogP contribution is 2.41. The first-order valence-electron chi connectivity index (χ1n) is 8.24. The molecule has 2 heterocycles. The number of halogens is 1. The summed E-state index contributed by atoms with van der Waals surface area (Å²) in [6.07, 6.45) is 0.407. The lowest BCUT2D eigenvalue weighted by Crippen LogP contribution is -2.47. The molecule has 6 nitrogen and oxygen atoms in total. The number of benzene rings is 2. The summed E-state index contributed by atoms with van der Waals surface area (Å²) in [4.78, 5) is 27.2. The van der Waals surface area contributed by atoms with Crippen molar-refractivity contribution in [2.45, 2.75) is 18.5 Å². The van der Waals surface area contributed by atoms with E-state index in [9.17, 15) is 9.59 Å². The number of amides is 3. The van der Waals surface area contributed by atoms with Crippen LogP contribution in [0.5, 0.6) is 11.5 Å². The molecule has 2 aromatic rings. The molecule has 26 heavy (non-hydrogen) atoms. The van der Waals surface area contributed by atoms with Crippen LogP contribution in [0.25, 0.3) is 0 Å². The van der Waals surface area contributed by atoms with Gasteiger partial charge in [0.1, 0.15) is 11.5 Å². The predicted octanol–water partition coefficient (Wildman–Crippen LogP) is 3.19. The number of nitrogens with one attached hydrogen (secondary N) is 1. The number of hydrogen-bond acceptors (Lipinski definition) is 4. The van der Waals surface area contributed by atoms with E-state index < -0.39 is 11.6 Å². The molecule has 1 N–H and O–H groups in total. The van der Waals surface area contributed by atoms with Gasteiger partial charge in [-0.2, -0.15) is 0 Å². The van der Waals surface area contributed by atoms with Gasteiger partial charge in [0.2, 0.25) is 0 Å². The smallest absolute Gasteiger partial charge is 0.325 e. The Hall–Kier alpha value is -2.54. The first-order chi connectivity index (χ1) is 12.5. The highest BCUT2D eigenvalue weighted by Gasteiger charge is 2.54. The lowest BCUT2D eigenvalue weighted by atomic mass is 9.84. The fraction of sp³-hybridized carbons (Fsp3) is 0.263. The van der Waals surface area contributed by atoms with Crippen molar-refractivity contribution in [3.8, 4) is 11.5 Å². The molecule has 7 heteroatoms. The van der Waals surface area contributed by atoms with Crippen LogP contribution in [0.15, 0.2) is 46.9 Å². The Balaban J connectivity index is 1.69. The number of hydrogen-bond donors (Lipinski definition) is 1. The third-order valence-corrected chi connectivity index (χ3v) is 5.61. The maximum Gasteiger partial charge on any atom is 0.325 e. The van der Waals surface area contributed by atoms with Gasteiger partial charge in [-0.25, -0.2) is 4.79 Å². The first-order valence-corrected chi connectivity index (χ1v) is 9.03. The monoisotopic (exact) mass is 416 g/mol. The highest BCUT2D eigenvalue weighted by atomic mass is 79.9. The zero-order chi connectivity index (χ0) is 18.3. The predicted molar refractivity (Wildman–Crippen MR) is 98.0 cm³/mol. The number of carbonyl (C=O) groups is 2. The molecule has 1 saturated heterocycles. The molecule has 0 radical (unpaired) electrons. The van der Waals surface area contributed by atoms with Crippen molar-refractivity contribution in [3.63, 3.8) is 0 Å². The van der Waals surface area contributed by atoms with E-state index in [0.717, 1.165) is 10.0 Å². The zero-order valence-corrected chi connectivity index (χ0v) is 15.7. The summed E-state index contributed by atoms with van der Waals surface area (Å²) < 4.78 is 11.7. The topological polar surface area (TPSA) is 67.9 Å². The average molecular weight is 417 g/mol. The summed E-state index contributed by atoms with van der Waals surface area (Å²) in [6, 6.07) is 12.4. The normalized spacial score (nSPS) is 21.4. The van der Waals surface area contributed by atoms with Crippen LogP contribution in [0.1, 0.15) is 17.5 Å². The standard InChI is InChI=1S/C19H17BrN2O4/c1-25-13-6-7-15(20)12(10-13)11-22-17(23)19(21-18(22)24)8-9-26-16-5-3-2-4-14(16)19/h2-7,10H,8-9,11H2,1H3,(H,21,24)/t19-/m1/s1. The number of rotatable bonds is 3. The molecule has 1 spiro atoms. The Kier molecular flexibility index (Phi) is 4.11. The van der Waals surface area contributed by atoms with Crippen LogP contribution in [-0.4, -0.2) is 30.6 Å². The molecule has 4 rings (SSSR count). The summed E-state index contributed by atoms with van der Waals surface area (Å²) in [5.74, 6) is 1.05. The minimum Gasteiger partial charge on any atom is -0.497 e. The average Bonchev–Trinajstić information content (AvgIpc) is 2.88. The van der Waals surface area contributed by atoms with Gasteiger partial charge in [-0.1, -0.05) is 34.1 Å². The molecular formula is C19H17BrN2O4. The molecule has 0 aromatic heterocycles. The minimum atomic E-state index is -1.06. The van der Waals surface area contributed by atoms with Crippen molar-refractivity contribution in [1.82, 2.24) is 10.2 Å². The summed E-state index contributed by atoms with van der Waals surface area (Å²) >= 11 is 3.47. The number of imide groups is 1. The Labute approximate surface area is 159 Å². The zero-order valence-electron chi connectivity index (χ0n) is 14.1. The first kappa shape index (κ1) is 16.9. The molecule has 0 aliphatic carbocycles. The molecular weight excluding hydrogens is 400 g/mol. The van der Waals surface area contributed by atoms with Gasteiger partial charge >= 0.3 is 6.03 Å². The van der Waals surface area contributed by atoms with E-state index >= 15 is 0 Å². The van der Waals surface area contributed by atoms with Crippen molar-refractivity contribution in [3.05, 3.63) is 58.1 Å². The molecule has 2 aliphatic heterocycles. The van der Waals surface area contributed by atoms with Crippen LogP contribution in [0.2, 0.25) is 0 Å². The maximum absolute atomic E-state index is 13.3. The van der Waals surface area contributed by atoms with Crippen LogP contribution in [0, 0.1) is 0 Å². The van der Waals surface area contributed by atoms with E-state index in [-0.39, 0.29) is 12.5 Å². The Morgan fingerprint density at radius 2 is 2.08 bits per heavy atom. The maximum atomic E-state index is 13.3. The van der Waals surface area contributed by atoms with Crippen molar-refractivity contribution in [2.75, 3.05) is 13.7 Å². The Morgan fingerprint density at radius 1 is 1.27 bits per heavy atom. The fourth-order valence-corrected chi connectivity index (χ4v) is 3.86. The van der Waals surface area contributed by atoms with Gasteiger partial charge in [-0.15, -0.1) is 0 Å². The number of para-hydroxylation sites is 1. The summed E-state index contributed by atoms with van der Waals surface area (Å²) in [6.45, 7) is 0.535. The molecule has 1 fully saturated rings. The summed E-state index contributed by atoms with van der Waals surface area (Å²) in [5, 5.41) is 2.90. The third-order valence-electron chi connectivity index (χ3n) is 4.84. The summed E-state index contributed by atoms with van der Waals surface area (Å²) in [7, 11) is 1.58. The van der Waals surface area contributed by atoms with E-state index in [1.54, 1.807) is 7.11 Å². The number of carbonyl (C=O) groups excluding carboxylic acids is 2. The van der Waals surface area contributed by atoms with Gasteiger partial charge in [0, 0.05) is 16.5 Å². The van der Waals surface area contributed by atoms with Crippen LogP contribution in [-0.2, 0) is 16.9 Å². The van der Waals surface area contributed by atoms with Crippen LogP contribution in [0.3, 0.4) is 0 Å². The summed E-state index contributed by atoms with van der Waals surface area (Å²) in [5.41, 5.74) is 0.444. The molecule has 2 aromatic carbocycles. The number of nitrogens with zero attached hydrogens (tertiary/aromatic N) is 1. The van der Waals surface area contributed by atoms with Crippen LogP contribution < -0.4 is 14.8 Å². The molecule has 0 saturated carbocycles. The molecule has 0 unspecified atom stereocenters. The van der Waals surface area contributed by atoms with Crippen LogP contribution >= 0.6 is 15.9 Å². The molecule has 3 amide bonds. The third kappa shape index (κ3) is 2.54. The molecule has 0 bridgehead atoms. The minimum absolute atomic E-state index is 0.160.